The number of carbonyl (C=O) groups is 2. The summed E-state index contributed by atoms with van der Waals surface area (Å²) in [5.74, 6) is -0.424. The fourth-order valence-electron chi connectivity index (χ4n) is 3.41. The fourth-order valence-corrected chi connectivity index (χ4v) is 4.38. The summed E-state index contributed by atoms with van der Waals surface area (Å²) in [6.07, 6.45) is -4.43. The van der Waals surface area contributed by atoms with Crippen molar-refractivity contribution in [3.63, 3.8) is 0 Å². The lowest BCUT2D eigenvalue weighted by Gasteiger charge is -2.37. The first-order valence-corrected chi connectivity index (χ1v) is 10.9. The predicted molar refractivity (Wildman–Crippen MR) is 115 cm³/mol. The third-order valence-electron chi connectivity index (χ3n) is 4.97. The van der Waals surface area contributed by atoms with Gasteiger partial charge in [0.25, 0.3) is 0 Å². The Morgan fingerprint density at radius 3 is 2.32 bits per heavy atom. The Morgan fingerprint density at radius 1 is 1.03 bits per heavy atom. The van der Waals surface area contributed by atoms with Crippen LogP contribution in [0.2, 0.25) is 0 Å². The summed E-state index contributed by atoms with van der Waals surface area (Å²) < 4.78 is 38.8. The molecule has 2 aromatic carbocycles. The monoisotopic (exact) mass is 451 g/mol. The van der Waals surface area contributed by atoms with E-state index in [1.165, 1.54) is 13.0 Å². The minimum absolute atomic E-state index is 0.151. The van der Waals surface area contributed by atoms with E-state index in [-0.39, 0.29) is 17.6 Å². The van der Waals surface area contributed by atoms with Crippen LogP contribution in [0.25, 0.3) is 0 Å². The number of thioether (sulfide) groups is 1. The number of alkyl halides is 3. The van der Waals surface area contributed by atoms with Crippen LogP contribution in [0.5, 0.6) is 0 Å². The molecule has 1 aliphatic heterocycles. The summed E-state index contributed by atoms with van der Waals surface area (Å²) in [6.45, 7) is 3.69. The van der Waals surface area contributed by atoms with E-state index in [1.54, 1.807) is 11.0 Å². The standard InChI is InChI=1S/C22H24F3N3O2S/c1-16(29)26-20(15-31-19-9-5-6-17(14-19)22(23,24)25)21(30)28-12-10-27(11-13-28)18-7-3-2-4-8-18/h2-9,14,20H,10-13,15H2,1H3,(H,26,29). The van der Waals surface area contributed by atoms with Crippen molar-refractivity contribution >= 4 is 29.3 Å². The van der Waals surface area contributed by atoms with Gasteiger partial charge in [-0.1, -0.05) is 24.3 Å². The number of hydrogen-bond acceptors (Lipinski definition) is 4. The van der Waals surface area contributed by atoms with Gasteiger partial charge in [0.15, 0.2) is 0 Å². The van der Waals surface area contributed by atoms with Crippen LogP contribution in [0.1, 0.15) is 12.5 Å². The molecule has 0 saturated carbocycles. The van der Waals surface area contributed by atoms with E-state index in [4.69, 9.17) is 0 Å². The molecule has 0 bridgehead atoms. The number of halogens is 3. The third-order valence-corrected chi connectivity index (χ3v) is 6.05. The van der Waals surface area contributed by atoms with Crippen molar-refractivity contribution in [2.45, 2.75) is 24.0 Å². The minimum Gasteiger partial charge on any atom is -0.368 e. The van der Waals surface area contributed by atoms with Crippen LogP contribution in [0.15, 0.2) is 59.5 Å². The molecule has 0 radical (unpaired) electrons. The highest BCUT2D eigenvalue weighted by molar-refractivity contribution is 7.99. The zero-order valence-electron chi connectivity index (χ0n) is 17.1. The Bertz CT molecular complexity index is 900. The van der Waals surface area contributed by atoms with Gasteiger partial charge < -0.3 is 15.1 Å². The van der Waals surface area contributed by atoms with Gasteiger partial charge in [-0.15, -0.1) is 11.8 Å². The van der Waals surface area contributed by atoms with E-state index in [0.717, 1.165) is 29.6 Å². The number of rotatable bonds is 6. The van der Waals surface area contributed by atoms with Gasteiger partial charge in [-0.3, -0.25) is 9.59 Å². The Balaban J connectivity index is 1.62. The summed E-state index contributed by atoms with van der Waals surface area (Å²) in [5, 5.41) is 2.65. The molecular formula is C22H24F3N3O2S. The van der Waals surface area contributed by atoms with Crippen LogP contribution in [0, 0.1) is 0 Å². The lowest BCUT2D eigenvalue weighted by Crippen LogP contribution is -2.55. The van der Waals surface area contributed by atoms with Gasteiger partial charge >= 0.3 is 6.18 Å². The van der Waals surface area contributed by atoms with E-state index in [2.05, 4.69) is 10.2 Å². The molecule has 1 aliphatic rings. The number of amides is 2. The molecule has 5 nitrogen and oxygen atoms in total. The molecular weight excluding hydrogens is 427 g/mol. The molecule has 166 valence electrons. The van der Waals surface area contributed by atoms with E-state index in [1.807, 2.05) is 30.3 Å². The molecule has 1 N–H and O–H groups in total. The first-order valence-electron chi connectivity index (χ1n) is 9.90. The van der Waals surface area contributed by atoms with Crippen LogP contribution in [0.4, 0.5) is 18.9 Å². The third kappa shape index (κ3) is 6.40. The first kappa shape index (κ1) is 23.0. The summed E-state index contributed by atoms with van der Waals surface area (Å²) in [6, 6.07) is 14.1. The first-order chi connectivity index (χ1) is 14.7. The maximum atomic E-state index is 13.0. The molecule has 1 saturated heterocycles. The quantitative estimate of drug-likeness (QED) is 0.682. The molecule has 1 fully saturated rings. The molecule has 0 aromatic heterocycles. The molecule has 31 heavy (non-hydrogen) atoms. The number of para-hydroxylation sites is 1. The maximum Gasteiger partial charge on any atom is 0.416 e. The topological polar surface area (TPSA) is 52.7 Å². The van der Waals surface area contributed by atoms with E-state index in [0.29, 0.717) is 31.1 Å². The van der Waals surface area contributed by atoms with Crippen molar-refractivity contribution in [3.8, 4) is 0 Å². The van der Waals surface area contributed by atoms with Crippen molar-refractivity contribution in [1.29, 1.82) is 0 Å². The highest BCUT2D eigenvalue weighted by Crippen LogP contribution is 2.32. The number of benzene rings is 2. The van der Waals surface area contributed by atoms with E-state index < -0.39 is 17.8 Å². The summed E-state index contributed by atoms with van der Waals surface area (Å²) in [4.78, 5) is 28.9. The molecule has 2 amide bonds. The molecule has 0 aliphatic carbocycles. The molecule has 2 aromatic rings. The molecule has 9 heteroatoms. The van der Waals surface area contributed by atoms with Gasteiger partial charge in [0, 0.05) is 49.4 Å². The molecule has 3 rings (SSSR count). The Morgan fingerprint density at radius 2 is 1.71 bits per heavy atom. The van der Waals surface area contributed by atoms with Gasteiger partial charge in [-0.2, -0.15) is 13.2 Å². The molecule has 1 heterocycles. The number of anilines is 1. The average molecular weight is 452 g/mol. The lowest BCUT2D eigenvalue weighted by atomic mass is 10.2. The van der Waals surface area contributed by atoms with Crippen LogP contribution < -0.4 is 10.2 Å². The van der Waals surface area contributed by atoms with Gasteiger partial charge in [0.1, 0.15) is 6.04 Å². The molecule has 1 atom stereocenters. The summed E-state index contributed by atoms with van der Waals surface area (Å²) >= 11 is 1.12. The van der Waals surface area contributed by atoms with E-state index in [9.17, 15) is 22.8 Å². The van der Waals surface area contributed by atoms with Crippen LogP contribution in [-0.4, -0.2) is 54.7 Å². The normalized spacial score (nSPS) is 15.5. The summed E-state index contributed by atoms with van der Waals surface area (Å²) in [5.41, 5.74) is 0.352. The highest BCUT2D eigenvalue weighted by atomic mass is 32.2. The van der Waals surface area contributed by atoms with Crippen molar-refractivity contribution in [2.24, 2.45) is 0 Å². The van der Waals surface area contributed by atoms with E-state index >= 15 is 0 Å². The highest BCUT2D eigenvalue weighted by Gasteiger charge is 2.31. The van der Waals surface area contributed by atoms with Gasteiger partial charge in [-0.05, 0) is 30.3 Å². The van der Waals surface area contributed by atoms with Crippen LogP contribution in [0.3, 0.4) is 0 Å². The number of nitrogens with one attached hydrogen (secondary N) is 1. The fraction of sp³-hybridized carbons (Fsp3) is 0.364. The number of piperazine rings is 1. The summed E-state index contributed by atoms with van der Waals surface area (Å²) in [7, 11) is 0. The second-order valence-corrected chi connectivity index (χ2v) is 8.33. The average Bonchev–Trinajstić information content (AvgIpc) is 2.76. The molecule has 1 unspecified atom stereocenters. The SMILES string of the molecule is CC(=O)NC(CSc1cccc(C(F)(F)F)c1)C(=O)N1CCN(c2ccccc2)CC1. The zero-order chi connectivity index (χ0) is 22.4. The second-order valence-electron chi connectivity index (χ2n) is 7.24. The van der Waals surface area contributed by atoms with Crippen LogP contribution in [-0.2, 0) is 15.8 Å². The van der Waals surface area contributed by atoms with Gasteiger partial charge in [0.2, 0.25) is 11.8 Å². The maximum absolute atomic E-state index is 13.0. The Kier molecular flexibility index (Phi) is 7.48. The number of carbonyl (C=O) groups excluding carboxylic acids is 2. The molecule has 0 spiro atoms. The zero-order valence-corrected chi connectivity index (χ0v) is 17.9. The lowest BCUT2D eigenvalue weighted by molar-refractivity contribution is -0.137. The number of nitrogens with zero attached hydrogens (tertiary/aromatic N) is 2. The van der Waals surface area contributed by atoms with Crippen molar-refractivity contribution < 1.29 is 22.8 Å². The second kappa shape index (κ2) is 10.1. The smallest absolute Gasteiger partial charge is 0.368 e. The predicted octanol–water partition coefficient (Wildman–Crippen LogP) is 3.65. The largest absolute Gasteiger partial charge is 0.416 e. The minimum atomic E-state index is -4.43. The van der Waals surface area contributed by atoms with Crippen LogP contribution >= 0.6 is 11.8 Å². The van der Waals surface area contributed by atoms with Crippen molar-refractivity contribution in [2.75, 3.05) is 36.8 Å². The number of hydrogen-bond donors (Lipinski definition) is 1. The van der Waals surface area contributed by atoms with Crippen molar-refractivity contribution in [1.82, 2.24) is 10.2 Å². The Hall–Kier alpha value is -2.68. The van der Waals surface area contributed by atoms with Crippen molar-refractivity contribution in [3.05, 3.63) is 60.2 Å². The van der Waals surface area contributed by atoms with Gasteiger partial charge in [0.05, 0.1) is 5.56 Å². The Labute approximate surface area is 183 Å². The van der Waals surface area contributed by atoms with Gasteiger partial charge in [-0.25, -0.2) is 0 Å².